The Morgan fingerprint density at radius 1 is 1.37 bits per heavy atom. The Balaban J connectivity index is 1.49. The summed E-state index contributed by atoms with van der Waals surface area (Å²) in [5, 5.41) is 9.26. The minimum absolute atomic E-state index is 0.361. The van der Waals surface area contributed by atoms with Crippen molar-refractivity contribution in [2.75, 3.05) is 59.7 Å². The number of hydrogen-bond acceptors (Lipinski definition) is 5. The van der Waals surface area contributed by atoms with Gasteiger partial charge in [0.2, 0.25) is 0 Å². The van der Waals surface area contributed by atoms with E-state index in [9.17, 15) is 0 Å². The Labute approximate surface area is 167 Å². The van der Waals surface area contributed by atoms with Gasteiger partial charge >= 0.3 is 0 Å². The number of guanidine groups is 1. The molecule has 6 nitrogen and oxygen atoms in total. The van der Waals surface area contributed by atoms with Gasteiger partial charge in [0.05, 0.1) is 19.3 Å². The van der Waals surface area contributed by atoms with Crippen LogP contribution in [0, 0.1) is 5.41 Å². The predicted octanol–water partition coefficient (Wildman–Crippen LogP) is 2.49. The molecule has 2 fully saturated rings. The third-order valence-electron chi connectivity index (χ3n) is 5.61. The van der Waals surface area contributed by atoms with Crippen molar-refractivity contribution in [3.8, 4) is 0 Å². The second-order valence-corrected chi connectivity index (χ2v) is 8.41. The molecule has 0 amide bonds. The number of nitrogens with one attached hydrogen (secondary N) is 2. The summed E-state index contributed by atoms with van der Waals surface area (Å²) in [7, 11) is 1.85. The van der Waals surface area contributed by atoms with Crippen LogP contribution in [0.2, 0.25) is 0 Å². The predicted molar refractivity (Wildman–Crippen MR) is 112 cm³/mol. The van der Waals surface area contributed by atoms with E-state index in [-0.39, 0.29) is 0 Å². The van der Waals surface area contributed by atoms with Crippen LogP contribution in [0.15, 0.2) is 22.5 Å². The van der Waals surface area contributed by atoms with Crippen LogP contribution in [-0.2, 0) is 9.47 Å². The highest BCUT2D eigenvalue weighted by molar-refractivity contribution is 7.10. The number of thiophene rings is 1. The highest BCUT2D eigenvalue weighted by Gasteiger charge is 2.42. The number of rotatable bonds is 10. The standard InChI is InChI=1S/C20H34N4O2S/c1-3-25-11-8-20(6-7-20)16-23-19(21-2)22-15-17(18-5-4-14-27-18)24-9-12-26-13-10-24/h4-5,14,17H,3,6-13,15-16H2,1-2H3,(H2,21,22,23). The first-order valence-electron chi connectivity index (χ1n) is 10.1. The molecule has 0 aromatic carbocycles. The van der Waals surface area contributed by atoms with Gasteiger partial charge in [0.1, 0.15) is 0 Å². The third-order valence-corrected chi connectivity index (χ3v) is 6.59. The smallest absolute Gasteiger partial charge is 0.191 e. The van der Waals surface area contributed by atoms with Crippen LogP contribution < -0.4 is 10.6 Å². The van der Waals surface area contributed by atoms with Crippen molar-refractivity contribution in [1.82, 2.24) is 15.5 Å². The first kappa shape index (κ1) is 20.6. The first-order chi connectivity index (χ1) is 13.3. The van der Waals surface area contributed by atoms with E-state index in [2.05, 4.69) is 45.0 Å². The number of nitrogens with zero attached hydrogens (tertiary/aromatic N) is 2. The van der Waals surface area contributed by atoms with Crippen molar-refractivity contribution >= 4 is 17.3 Å². The molecule has 1 unspecified atom stereocenters. The van der Waals surface area contributed by atoms with Gasteiger partial charge in [-0.3, -0.25) is 9.89 Å². The minimum Gasteiger partial charge on any atom is -0.382 e. The van der Waals surface area contributed by atoms with Gasteiger partial charge in [0.25, 0.3) is 0 Å². The number of morpholine rings is 1. The summed E-state index contributed by atoms with van der Waals surface area (Å²) in [4.78, 5) is 8.35. The van der Waals surface area contributed by atoms with E-state index < -0.39 is 0 Å². The van der Waals surface area contributed by atoms with Crippen LogP contribution in [0.1, 0.15) is 37.1 Å². The number of hydrogen-bond donors (Lipinski definition) is 2. The fourth-order valence-corrected chi connectivity index (χ4v) is 4.45. The molecular formula is C20H34N4O2S. The highest BCUT2D eigenvalue weighted by atomic mass is 32.1. The number of aliphatic imine (C=N–C) groups is 1. The molecule has 0 bridgehead atoms. The van der Waals surface area contributed by atoms with Crippen molar-refractivity contribution in [3.05, 3.63) is 22.4 Å². The summed E-state index contributed by atoms with van der Waals surface area (Å²) in [6, 6.07) is 4.73. The van der Waals surface area contributed by atoms with E-state index >= 15 is 0 Å². The number of ether oxygens (including phenoxy) is 2. The van der Waals surface area contributed by atoms with Crippen molar-refractivity contribution in [3.63, 3.8) is 0 Å². The summed E-state index contributed by atoms with van der Waals surface area (Å²) in [5.74, 6) is 0.896. The molecule has 1 atom stereocenters. The Bertz CT molecular complexity index is 569. The normalized spacial score (nSPS) is 21.0. The van der Waals surface area contributed by atoms with Crippen molar-refractivity contribution in [2.45, 2.75) is 32.2 Å². The zero-order valence-corrected chi connectivity index (χ0v) is 17.5. The van der Waals surface area contributed by atoms with E-state index in [0.29, 0.717) is 11.5 Å². The lowest BCUT2D eigenvalue weighted by Crippen LogP contribution is -2.47. The lowest BCUT2D eigenvalue weighted by atomic mass is 10.0. The molecule has 2 aliphatic rings. The summed E-state index contributed by atoms with van der Waals surface area (Å²) in [5.41, 5.74) is 0.407. The fraction of sp³-hybridized carbons (Fsp3) is 0.750. The quantitative estimate of drug-likeness (QED) is 0.363. The zero-order valence-electron chi connectivity index (χ0n) is 16.7. The van der Waals surface area contributed by atoms with Gasteiger partial charge in [0, 0.05) is 51.3 Å². The van der Waals surface area contributed by atoms with Gasteiger partial charge in [-0.25, -0.2) is 0 Å². The SMILES string of the molecule is CCOCCC1(CNC(=NC)NCC(c2cccs2)N2CCOCC2)CC1. The molecule has 0 spiro atoms. The fourth-order valence-electron chi connectivity index (χ4n) is 3.59. The molecule has 2 N–H and O–H groups in total. The van der Waals surface area contributed by atoms with Gasteiger partial charge in [-0.05, 0) is 43.0 Å². The highest BCUT2D eigenvalue weighted by Crippen LogP contribution is 2.48. The van der Waals surface area contributed by atoms with Gasteiger partial charge in [-0.15, -0.1) is 11.3 Å². The van der Waals surface area contributed by atoms with E-state index in [1.165, 1.54) is 17.7 Å². The Morgan fingerprint density at radius 2 is 2.19 bits per heavy atom. The second kappa shape index (κ2) is 10.4. The van der Waals surface area contributed by atoms with E-state index in [4.69, 9.17) is 9.47 Å². The maximum Gasteiger partial charge on any atom is 0.191 e. The molecule has 1 aromatic rings. The molecular weight excluding hydrogens is 360 g/mol. The maximum atomic E-state index is 5.54. The lowest BCUT2D eigenvalue weighted by Gasteiger charge is -2.34. The Kier molecular flexibility index (Phi) is 7.93. The molecule has 0 radical (unpaired) electrons. The molecule has 1 aliphatic carbocycles. The third kappa shape index (κ3) is 6.17. The minimum atomic E-state index is 0.361. The molecule has 27 heavy (non-hydrogen) atoms. The second-order valence-electron chi connectivity index (χ2n) is 7.43. The molecule has 7 heteroatoms. The van der Waals surface area contributed by atoms with Gasteiger partial charge in [0.15, 0.2) is 5.96 Å². The van der Waals surface area contributed by atoms with Crippen LogP contribution >= 0.6 is 11.3 Å². The molecule has 1 aliphatic heterocycles. The lowest BCUT2D eigenvalue weighted by molar-refractivity contribution is 0.0177. The summed E-state index contributed by atoms with van der Waals surface area (Å²) in [6.07, 6.45) is 3.71. The van der Waals surface area contributed by atoms with Crippen LogP contribution in [0.3, 0.4) is 0 Å². The summed E-state index contributed by atoms with van der Waals surface area (Å²) >= 11 is 1.83. The largest absolute Gasteiger partial charge is 0.382 e. The van der Waals surface area contributed by atoms with Crippen LogP contribution in [0.25, 0.3) is 0 Å². The van der Waals surface area contributed by atoms with Crippen LogP contribution in [0.5, 0.6) is 0 Å². The zero-order chi connectivity index (χ0) is 19.0. The van der Waals surface area contributed by atoms with Crippen molar-refractivity contribution in [2.24, 2.45) is 10.4 Å². The Morgan fingerprint density at radius 3 is 2.81 bits per heavy atom. The maximum absolute atomic E-state index is 5.54. The molecule has 1 saturated heterocycles. The first-order valence-corrected chi connectivity index (χ1v) is 11.0. The summed E-state index contributed by atoms with van der Waals surface area (Å²) < 4.78 is 11.1. The Hall–Kier alpha value is -1.15. The van der Waals surface area contributed by atoms with Gasteiger partial charge in [-0.2, -0.15) is 0 Å². The molecule has 1 aromatic heterocycles. The van der Waals surface area contributed by atoms with Gasteiger partial charge < -0.3 is 20.1 Å². The average Bonchev–Trinajstić information content (AvgIpc) is 3.26. The van der Waals surface area contributed by atoms with E-state index in [1.807, 2.05) is 18.4 Å². The van der Waals surface area contributed by atoms with Crippen molar-refractivity contribution < 1.29 is 9.47 Å². The van der Waals surface area contributed by atoms with E-state index in [0.717, 1.165) is 65.0 Å². The van der Waals surface area contributed by atoms with Crippen LogP contribution in [0.4, 0.5) is 0 Å². The molecule has 2 heterocycles. The molecule has 152 valence electrons. The monoisotopic (exact) mass is 394 g/mol. The van der Waals surface area contributed by atoms with E-state index in [1.54, 1.807) is 0 Å². The average molecular weight is 395 g/mol. The van der Waals surface area contributed by atoms with Gasteiger partial charge in [-0.1, -0.05) is 6.07 Å². The summed E-state index contributed by atoms with van der Waals surface area (Å²) in [6.45, 7) is 9.15. The topological polar surface area (TPSA) is 58.1 Å². The van der Waals surface area contributed by atoms with Crippen molar-refractivity contribution in [1.29, 1.82) is 0 Å². The van der Waals surface area contributed by atoms with Crippen LogP contribution in [-0.4, -0.2) is 70.5 Å². The molecule has 3 rings (SSSR count). The molecule has 1 saturated carbocycles.